The maximum atomic E-state index is 5.46. The Kier molecular flexibility index (Phi) is 7.09. The summed E-state index contributed by atoms with van der Waals surface area (Å²) in [5, 5.41) is 3.28. The lowest BCUT2D eigenvalue weighted by Gasteiger charge is -2.01. The van der Waals surface area contributed by atoms with E-state index >= 15 is 0 Å². The van der Waals surface area contributed by atoms with Crippen molar-refractivity contribution in [3.8, 4) is 0 Å². The second kappa shape index (κ2) is 7.10. The maximum Gasteiger partial charge on any atom is 0.0173 e. The summed E-state index contributed by atoms with van der Waals surface area (Å²) < 4.78 is 0. The molecule has 0 heterocycles. The largest absolute Gasteiger partial charge is 0.313 e. The molecule has 1 nitrogen and oxygen atoms in total. The van der Waals surface area contributed by atoms with Crippen LogP contribution in [0.4, 0.5) is 0 Å². The number of nitrogens with one attached hydrogen (secondary N) is 1. The highest BCUT2D eigenvalue weighted by Crippen LogP contribution is 1.92. The molecular weight excluding hydrogens is 146 g/mol. The Hall–Kier alpha value is -0.0100. The maximum absolute atomic E-state index is 5.46. The summed E-state index contributed by atoms with van der Waals surface area (Å²) in [6.07, 6.45) is 2.49. The average Bonchev–Trinajstić information content (AvgIpc) is 1.98. The Morgan fingerprint density at radius 3 is 2.80 bits per heavy atom. The molecule has 0 spiro atoms. The van der Waals surface area contributed by atoms with Crippen molar-refractivity contribution in [1.82, 2.24) is 5.32 Å². The molecule has 0 aliphatic heterocycles. The summed E-state index contributed by atoms with van der Waals surface area (Å²) in [6, 6.07) is 0. The standard InChI is InChI=1S/C8H16ClN/c1-3-4-5-10-7-8(2)6-9/h6,10H,3-5,7H2,1-2H3/b8-6+. The zero-order valence-corrected chi connectivity index (χ0v) is 7.54. The smallest absolute Gasteiger partial charge is 0.0173 e. The minimum atomic E-state index is 0.920. The van der Waals surface area contributed by atoms with Gasteiger partial charge in [0.25, 0.3) is 0 Å². The third kappa shape index (κ3) is 6.12. The summed E-state index contributed by atoms with van der Waals surface area (Å²) in [6.45, 7) is 6.22. The number of hydrogen-bond donors (Lipinski definition) is 1. The molecule has 0 radical (unpaired) electrons. The monoisotopic (exact) mass is 161 g/mol. The molecule has 0 aromatic heterocycles. The van der Waals surface area contributed by atoms with Crippen molar-refractivity contribution < 1.29 is 0 Å². The predicted molar refractivity (Wildman–Crippen MR) is 47.4 cm³/mol. The Morgan fingerprint density at radius 2 is 2.30 bits per heavy atom. The molecule has 1 N–H and O–H groups in total. The van der Waals surface area contributed by atoms with E-state index in [1.165, 1.54) is 18.4 Å². The predicted octanol–water partition coefficient (Wildman–Crippen LogP) is 2.52. The SMILES string of the molecule is CCCCNC/C(C)=C/Cl. The van der Waals surface area contributed by atoms with Gasteiger partial charge in [0.2, 0.25) is 0 Å². The molecule has 0 aromatic carbocycles. The molecule has 0 aliphatic rings. The molecule has 0 fully saturated rings. The van der Waals surface area contributed by atoms with E-state index < -0.39 is 0 Å². The molecule has 0 saturated heterocycles. The first-order valence-electron chi connectivity index (χ1n) is 3.77. The van der Waals surface area contributed by atoms with Crippen molar-refractivity contribution in [3.63, 3.8) is 0 Å². The van der Waals surface area contributed by atoms with Gasteiger partial charge < -0.3 is 5.32 Å². The van der Waals surface area contributed by atoms with Gasteiger partial charge in [-0.2, -0.15) is 0 Å². The third-order valence-electron chi connectivity index (χ3n) is 1.30. The van der Waals surface area contributed by atoms with Gasteiger partial charge in [0, 0.05) is 12.1 Å². The molecule has 0 bridgehead atoms. The first-order chi connectivity index (χ1) is 4.81. The summed E-state index contributed by atoms with van der Waals surface area (Å²) in [5.74, 6) is 0. The lowest BCUT2D eigenvalue weighted by atomic mass is 10.3. The third-order valence-corrected chi connectivity index (χ3v) is 1.67. The van der Waals surface area contributed by atoms with E-state index in [2.05, 4.69) is 12.2 Å². The Balaban J connectivity index is 3.04. The van der Waals surface area contributed by atoms with Crippen LogP contribution >= 0.6 is 11.6 Å². The van der Waals surface area contributed by atoms with Gasteiger partial charge in [0.15, 0.2) is 0 Å². The molecule has 0 saturated carbocycles. The van der Waals surface area contributed by atoms with E-state index in [0.717, 1.165) is 13.1 Å². The van der Waals surface area contributed by atoms with E-state index in [1.54, 1.807) is 5.54 Å². The number of halogens is 1. The number of unbranched alkanes of at least 4 members (excludes halogenated alkanes) is 1. The van der Waals surface area contributed by atoms with Crippen LogP contribution in [0.2, 0.25) is 0 Å². The molecule has 0 amide bonds. The minimum absolute atomic E-state index is 0.920. The molecule has 0 atom stereocenters. The summed E-state index contributed by atoms with van der Waals surface area (Å²) in [7, 11) is 0. The number of rotatable bonds is 5. The van der Waals surface area contributed by atoms with Crippen LogP contribution in [0.1, 0.15) is 26.7 Å². The van der Waals surface area contributed by atoms with E-state index in [-0.39, 0.29) is 0 Å². The highest BCUT2D eigenvalue weighted by molar-refractivity contribution is 6.25. The normalized spacial score (nSPS) is 12.1. The van der Waals surface area contributed by atoms with Gasteiger partial charge in [-0.1, -0.05) is 24.9 Å². The lowest BCUT2D eigenvalue weighted by molar-refractivity contribution is 0.671. The second-order valence-corrected chi connectivity index (χ2v) is 2.70. The second-order valence-electron chi connectivity index (χ2n) is 2.49. The molecule has 0 aromatic rings. The minimum Gasteiger partial charge on any atom is -0.313 e. The quantitative estimate of drug-likeness (QED) is 0.612. The van der Waals surface area contributed by atoms with Crippen molar-refractivity contribution in [2.24, 2.45) is 0 Å². The Morgan fingerprint density at radius 1 is 1.60 bits per heavy atom. The van der Waals surface area contributed by atoms with Crippen LogP contribution in [0, 0.1) is 0 Å². The first-order valence-corrected chi connectivity index (χ1v) is 4.21. The molecule has 2 heteroatoms. The van der Waals surface area contributed by atoms with Crippen LogP contribution in [-0.4, -0.2) is 13.1 Å². The fourth-order valence-corrected chi connectivity index (χ4v) is 0.703. The van der Waals surface area contributed by atoms with Crippen molar-refractivity contribution in [2.75, 3.05) is 13.1 Å². The van der Waals surface area contributed by atoms with Crippen LogP contribution in [0.25, 0.3) is 0 Å². The lowest BCUT2D eigenvalue weighted by Crippen LogP contribution is -2.16. The molecular formula is C8H16ClN. The molecule has 0 rings (SSSR count). The van der Waals surface area contributed by atoms with Gasteiger partial charge in [0.05, 0.1) is 0 Å². The van der Waals surface area contributed by atoms with Crippen molar-refractivity contribution in [2.45, 2.75) is 26.7 Å². The van der Waals surface area contributed by atoms with Gasteiger partial charge in [-0.25, -0.2) is 0 Å². The fourth-order valence-electron chi connectivity index (χ4n) is 0.626. The summed E-state index contributed by atoms with van der Waals surface area (Å²) in [4.78, 5) is 0. The number of hydrogen-bond acceptors (Lipinski definition) is 1. The van der Waals surface area contributed by atoms with Crippen molar-refractivity contribution in [3.05, 3.63) is 11.1 Å². The van der Waals surface area contributed by atoms with Crippen LogP contribution in [0.3, 0.4) is 0 Å². The van der Waals surface area contributed by atoms with Crippen molar-refractivity contribution in [1.29, 1.82) is 0 Å². The topological polar surface area (TPSA) is 12.0 Å². The van der Waals surface area contributed by atoms with Gasteiger partial charge in [-0.15, -0.1) is 0 Å². The summed E-state index contributed by atoms with van der Waals surface area (Å²) in [5.41, 5.74) is 2.82. The molecule has 0 unspecified atom stereocenters. The van der Waals surface area contributed by atoms with Crippen LogP contribution in [0.15, 0.2) is 11.1 Å². The zero-order chi connectivity index (χ0) is 7.82. The average molecular weight is 162 g/mol. The van der Waals surface area contributed by atoms with Gasteiger partial charge in [-0.05, 0) is 25.5 Å². The molecule has 60 valence electrons. The van der Waals surface area contributed by atoms with Crippen LogP contribution in [0.5, 0.6) is 0 Å². The fraction of sp³-hybridized carbons (Fsp3) is 0.750. The van der Waals surface area contributed by atoms with Gasteiger partial charge >= 0.3 is 0 Å². The molecule has 0 aliphatic carbocycles. The van der Waals surface area contributed by atoms with E-state index in [0.29, 0.717) is 0 Å². The molecule has 10 heavy (non-hydrogen) atoms. The highest BCUT2D eigenvalue weighted by atomic mass is 35.5. The Labute approximate surface area is 68.5 Å². The van der Waals surface area contributed by atoms with Crippen LogP contribution < -0.4 is 5.32 Å². The van der Waals surface area contributed by atoms with Gasteiger partial charge in [0.1, 0.15) is 0 Å². The van der Waals surface area contributed by atoms with E-state index in [4.69, 9.17) is 11.6 Å². The van der Waals surface area contributed by atoms with E-state index in [1.807, 2.05) is 6.92 Å². The summed E-state index contributed by atoms with van der Waals surface area (Å²) >= 11 is 5.46. The highest BCUT2D eigenvalue weighted by Gasteiger charge is 1.86. The van der Waals surface area contributed by atoms with Crippen molar-refractivity contribution >= 4 is 11.6 Å². The Bertz CT molecular complexity index is 99.4. The van der Waals surface area contributed by atoms with Gasteiger partial charge in [-0.3, -0.25) is 0 Å². The first kappa shape index (κ1) is 9.99. The van der Waals surface area contributed by atoms with Crippen LogP contribution in [-0.2, 0) is 0 Å². The van der Waals surface area contributed by atoms with E-state index in [9.17, 15) is 0 Å². The zero-order valence-electron chi connectivity index (χ0n) is 6.78.